The molecule has 0 aromatic heterocycles. The maximum Gasteiger partial charge on any atom is 0.0915 e. The van der Waals surface area contributed by atoms with E-state index in [0.717, 1.165) is 20.2 Å². The second-order valence-corrected chi connectivity index (χ2v) is 6.96. The third-order valence-corrected chi connectivity index (χ3v) is 3.78. The maximum absolute atomic E-state index is 10.2. The molecule has 3 nitrogen and oxygen atoms in total. The van der Waals surface area contributed by atoms with Gasteiger partial charge < -0.3 is 15.7 Å². The summed E-state index contributed by atoms with van der Waals surface area (Å²) in [5.41, 5.74) is 1.86. The van der Waals surface area contributed by atoms with Gasteiger partial charge in [-0.25, -0.2) is 0 Å². The number of halogens is 2. The Morgan fingerprint density at radius 3 is 2.11 bits per heavy atom. The SMILES string of the molecule is CNc1c(Br)cc(C(O)CNC(C)(C)C)cc1Br. The molecule has 102 valence electrons. The molecule has 0 fully saturated rings. The van der Waals surface area contributed by atoms with Crippen LogP contribution in [0.2, 0.25) is 0 Å². The van der Waals surface area contributed by atoms with E-state index in [9.17, 15) is 5.11 Å². The molecule has 0 amide bonds. The van der Waals surface area contributed by atoms with Gasteiger partial charge in [-0.05, 0) is 70.3 Å². The first-order valence-electron chi connectivity index (χ1n) is 5.84. The Morgan fingerprint density at radius 1 is 1.22 bits per heavy atom. The van der Waals surface area contributed by atoms with Crippen LogP contribution in [-0.4, -0.2) is 24.2 Å². The van der Waals surface area contributed by atoms with Gasteiger partial charge in [0, 0.05) is 28.1 Å². The van der Waals surface area contributed by atoms with Crippen molar-refractivity contribution in [2.24, 2.45) is 0 Å². The van der Waals surface area contributed by atoms with E-state index in [-0.39, 0.29) is 5.54 Å². The molecule has 0 aliphatic rings. The van der Waals surface area contributed by atoms with Crippen LogP contribution in [0.15, 0.2) is 21.1 Å². The molecular weight excluding hydrogens is 360 g/mol. The molecule has 1 aromatic rings. The van der Waals surface area contributed by atoms with E-state index in [2.05, 4.69) is 63.3 Å². The van der Waals surface area contributed by atoms with E-state index < -0.39 is 6.10 Å². The minimum absolute atomic E-state index is 0.000356. The smallest absolute Gasteiger partial charge is 0.0915 e. The topological polar surface area (TPSA) is 44.3 Å². The summed E-state index contributed by atoms with van der Waals surface area (Å²) in [6.45, 7) is 6.77. The zero-order valence-electron chi connectivity index (χ0n) is 11.1. The quantitative estimate of drug-likeness (QED) is 0.747. The lowest BCUT2D eigenvalue weighted by Crippen LogP contribution is -2.38. The molecule has 1 unspecified atom stereocenters. The van der Waals surface area contributed by atoms with Gasteiger partial charge in [0.15, 0.2) is 0 Å². The highest BCUT2D eigenvalue weighted by Crippen LogP contribution is 2.33. The van der Waals surface area contributed by atoms with Crippen molar-refractivity contribution in [3.05, 3.63) is 26.6 Å². The number of benzene rings is 1. The number of β-amino-alcohol motifs (C(OH)–C–C–N with tert-alkyl or cyclic N) is 1. The zero-order chi connectivity index (χ0) is 13.9. The van der Waals surface area contributed by atoms with Crippen molar-refractivity contribution in [1.29, 1.82) is 0 Å². The van der Waals surface area contributed by atoms with Crippen LogP contribution >= 0.6 is 31.9 Å². The fourth-order valence-corrected chi connectivity index (χ4v) is 3.16. The number of nitrogens with one attached hydrogen (secondary N) is 2. The lowest BCUT2D eigenvalue weighted by atomic mass is 10.1. The lowest BCUT2D eigenvalue weighted by molar-refractivity contribution is 0.163. The van der Waals surface area contributed by atoms with E-state index in [0.29, 0.717) is 6.54 Å². The van der Waals surface area contributed by atoms with Gasteiger partial charge in [-0.3, -0.25) is 0 Å². The fraction of sp³-hybridized carbons (Fsp3) is 0.538. The molecule has 0 aliphatic heterocycles. The highest BCUT2D eigenvalue weighted by molar-refractivity contribution is 9.11. The minimum Gasteiger partial charge on any atom is -0.387 e. The molecule has 0 saturated heterocycles. The molecule has 0 aliphatic carbocycles. The molecule has 0 bridgehead atoms. The Morgan fingerprint density at radius 2 is 1.72 bits per heavy atom. The molecule has 1 aromatic carbocycles. The van der Waals surface area contributed by atoms with Crippen LogP contribution in [0.25, 0.3) is 0 Å². The number of hydrogen-bond donors (Lipinski definition) is 3. The van der Waals surface area contributed by atoms with Crippen LogP contribution in [-0.2, 0) is 0 Å². The van der Waals surface area contributed by atoms with E-state index in [1.54, 1.807) is 0 Å². The van der Waals surface area contributed by atoms with Crippen molar-refractivity contribution in [3.63, 3.8) is 0 Å². The standard InChI is InChI=1S/C13H20Br2N2O/c1-13(2,3)17-7-11(18)8-5-9(14)12(16-4)10(15)6-8/h5-6,11,16-18H,7H2,1-4H3. The minimum atomic E-state index is -0.525. The number of aliphatic hydroxyl groups excluding tert-OH is 1. The predicted octanol–water partition coefficient (Wildman–Crippen LogP) is 3.67. The van der Waals surface area contributed by atoms with Gasteiger partial charge in [0.2, 0.25) is 0 Å². The number of rotatable bonds is 4. The summed E-state index contributed by atoms with van der Waals surface area (Å²) in [5, 5.41) is 16.6. The fourth-order valence-electron chi connectivity index (χ4n) is 1.54. The number of anilines is 1. The van der Waals surface area contributed by atoms with Crippen LogP contribution in [0, 0.1) is 0 Å². The summed E-state index contributed by atoms with van der Waals surface area (Å²) in [6.07, 6.45) is -0.525. The van der Waals surface area contributed by atoms with E-state index in [1.165, 1.54) is 0 Å². The third kappa shape index (κ3) is 4.53. The van der Waals surface area contributed by atoms with Crippen molar-refractivity contribution < 1.29 is 5.11 Å². The van der Waals surface area contributed by atoms with E-state index in [1.807, 2.05) is 19.2 Å². The van der Waals surface area contributed by atoms with Gasteiger partial charge in [-0.15, -0.1) is 0 Å². The van der Waals surface area contributed by atoms with Crippen molar-refractivity contribution in [2.45, 2.75) is 32.4 Å². The third-order valence-electron chi connectivity index (χ3n) is 2.52. The highest BCUT2D eigenvalue weighted by atomic mass is 79.9. The largest absolute Gasteiger partial charge is 0.387 e. The van der Waals surface area contributed by atoms with Gasteiger partial charge in [-0.2, -0.15) is 0 Å². The maximum atomic E-state index is 10.2. The van der Waals surface area contributed by atoms with Crippen LogP contribution in [0.5, 0.6) is 0 Å². The second kappa shape index (κ2) is 6.37. The Hall–Kier alpha value is -0.100. The van der Waals surface area contributed by atoms with Crippen molar-refractivity contribution in [2.75, 3.05) is 18.9 Å². The summed E-state index contributed by atoms with van der Waals surface area (Å²) in [4.78, 5) is 0. The first-order chi connectivity index (χ1) is 8.24. The molecule has 1 atom stereocenters. The van der Waals surface area contributed by atoms with Gasteiger partial charge in [0.05, 0.1) is 11.8 Å². The Balaban J connectivity index is 2.84. The zero-order valence-corrected chi connectivity index (χ0v) is 14.3. The van der Waals surface area contributed by atoms with Crippen LogP contribution in [0.3, 0.4) is 0 Å². The first kappa shape index (κ1) is 16.0. The first-order valence-corrected chi connectivity index (χ1v) is 7.43. The average Bonchev–Trinajstić information content (AvgIpc) is 2.24. The highest BCUT2D eigenvalue weighted by Gasteiger charge is 2.15. The van der Waals surface area contributed by atoms with Gasteiger partial charge in [0.25, 0.3) is 0 Å². The summed E-state index contributed by atoms with van der Waals surface area (Å²) in [7, 11) is 1.86. The molecule has 3 N–H and O–H groups in total. The van der Waals surface area contributed by atoms with Gasteiger partial charge >= 0.3 is 0 Å². The second-order valence-electron chi connectivity index (χ2n) is 5.26. The van der Waals surface area contributed by atoms with Crippen LogP contribution in [0.1, 0.15) is 32.4 Å². The summed E-state index contributed by atoms with van der Waals surface area (Å²) < 4.78 is 1.87. The van der Waals surface area contributed by atoms with Gasteiger partial charge in [0.1, 0.15) is 0 Å². The molecule has 1 rings (SSSR count). The molecule has 0 radical (unpaired) electrons. The Labute approximate surface area is 126 Å². The number of hydrogen-bond acceptors (Lipinski definition) is 3. The molecule has 0 heterocycles. The normalized spacial score (nSPS) is 13.5. The molecule has 0 saturated carbocycles. The predicted molar refractivity (Wildman–Crippen MR) is 84.1 cm³/mol. The monoisotopic (exact) mass is 378 g/mol. The summed E-state index contributed by atoms with van der Waals surface area (Å²) in [5.74, 6) is 0. The van der Waals surface area contributed by atoms with Crippen LogP contribution < -0.4 is 10.6 Å². The Kier molecular flexibility index (Phi) is 5.65. The van der Waals surface area contributed by atoms with Crippen molar-refractivity contribution in [3.8, 4) is 0 Å². The van der Waals surface area contributed by atoms with Crippen LogP contribution in [0.4, 0.5) is 5.69 Å². The molecule has 0 spiro atoms. The Bertz CT molecular complexity index is 393. The average molecular weight is 380 g/mol. The van der Waals surface area contributed by atoms with Crippen molar-refractivity contribution in [1.82, 2.24) is 5.32 Å². The lowest BCUT2D eigenvalue weighted by Gasteiger charge is -2.23. The molecule has 18 heavy (non-hydrogen) atoms. The van der Waals surface area contributed by atoms with Crippen molar-refractivity contribution >= 4 is 37.5 Å². The molecule has 5 heteroatoms. The van der Waals surface area contributed by atoms with E-state index >= 15 is 0 Å². The van der Waals surface area contributed by atoms with Gasteiger partial charge in [-0.1, -0.05) is 0 Å². The number of aliphatic hydroxyl groups is 1. The summed E-state index contributed by atoms with van der Waals surface area (Å²) in [6, 6.07) is 3.87. The molecular formula is C13H20Br2N2O. The summed E-state index contributed by atoms with van der Waals surface area (Å²) >= 11 is 6.99. The van der Waals surface area contributed by atoms with E-state index in [4.69, 9.17) is 0 Å².